The van der Waals surface area contributed by atoms with Gasteiger partial charge < -0.3 is 10.2 Å². The molecule has 1 fully saturated rings. The van der Waals surface area contributed by atoms with E-state index < -0.39 is 4.92 Å². The first-order valence-corrected chi connectivity index (χ1v) is 6.34. The van der Waals surface area contributed by atoms with Crippen molar-refractivity contribution in [2.45, 2.75) is 13.3 Å². The van der Waals surface area contributed by atoms with Gasteiger partial charge in [-0.15, -0.1) is 12.4 Å². The van der Waals surface area contributed by atoms with Crippen molar-refractivity contribution in [3.63, 3.8) is 0 Å². The average Bonchev–Trinajstić information content (AvgIpc) is 2.65. The molecular formula is C13H18ClN3O3. The van der Waals surface area contributed by atoms with E-state index in [9.17, 15) is 14.9 Å². The van der Waals surface area contributed by atoms with Crippen LogP contribution in [0.3, 0.4) is 0 Å². The first-order chi connectivity index (χ1) is 9.08. The van der Waals surface area contributed by atoms with Crippen molar-refractivity contribution in [3.8, 4) is 0 Å². The molecule has 1 aliphatic heterocycles. The average molecular weight is 300 g/mol. The molecule has 0 atom stereocenters. The Kier molecular flexibility index (Phi) is 5.91. The molecule has 110 valence electrons. The highest BCUT2D eigenvalue weighted by atomic mass is 35.5. The lowest BCUT2D eigenvalue weighted by atomic mass is 10.1. The number of aryl methyl sites for hydroxylation is 1. The third kappa shape index (κ3) is 3.91. The molecule has 0 radical (unpaired) electrons. The minimum atomic E-state index is -0.465. The van der Waals surface area contributed by atoms with Gasteiger partial charge in [0.05, 0.1) is 4.92 Å². The molecule has 6 nitrogen and oxygen atoms in total. The van der Waals surface area contributed by atoms with Gasteiger partial charge in [0.2, 0.25) is 0 Å². The Morgan fingerprint density at radius 1 is 1.30 bits per heavy atom. The maximum Gasteiger partial charge on any atom is 0.270 e. The Morgan fingerprint density at radius 2 is 2.05 bits per heavy atom. The molecule has 1 aromatic rings. The monoisotopic (exact) mass is 299 g/mol. The Labute approximate surface area is 123 Å². The van der Waals surface area contributed by atoms with Crippen molar-refractivity contribution in [1.82, 2.24) is 10.2 Å². The molecule has 0 bridgehead atoms. The van der Waals surface area contributed by atoms with Crippen LogP contribution in [0.1, 0.15) is 22.3 Å². The van der Waals surface area contributed by atoms with E-state index in [4.69, 9.17) is 0 Å². The maximum atomic E-state index is 12.4. The largest absolute Gasteiger partial charge is 0.337 e. The third-order valence-electron chi connectivity index (χ3n) is 3.15. The summed E-state index contributed by atoms with van der Waals surface area (Å²) in [6, 6.07) is 4.53. The standard InChI is InChI=1S/C13H17N3O3.ClH/c1-10-7-11(9-12(8-10)16(18)19)13(17)15-5-2-3-14-4-6-15;/h7-9,14H,2-6H2,1H3;1H. The molecule has 1 amide bonds. The van der Waals surface area contributed by atoms with Crippen LogP contribution in [0.4, 0.5) is 5.69 Å². The van der Waals surface area contributed by atoms with Gasteiger partial charge in [0.15, 0.2) is 0 Å². The Morgan fingerprint density at radius 3 is 2.75 bits per heavy atom. The fourth-order valence-corrected chi connectivity index (χ4v) is 2.22. The van der Waals surface area contributed by atoms with Gasteiger partial charge in [0.25, 0.3) is 11.6 Å². The highest BCUT2D eigenvalue weighted by Crippen LogP contribution is 2.18. The Balaban J connectivity index is 0.00000200. The number of hydrogen-bond donors (Lipinski definition) is 1. The van der Waals surface area contributed by atoms with Crippen molar-refractivity contribution in [3.05, 3.63) is 39.4 Å². The highest BCUT2D eigenvalue weighted by molar-refractivity contribution is 5.95. The summed E-state index contributed by atoms with van der Waals surface area (Å²) in [4.78, 5) is 24.5. The van der Waals surface area contributed by atoms with Crippen LogP contribution in [0.25, 0.3) is 0 Å². The predicted octanol–water partition coefficient (Wildman–Crippen LogP) is 1.76. The molecule has 0 spiro atoms. The molecular weight excluding hydrogens is 282 g/mol. The summed E-state index contributed by atoms with van der Waals surface area (Å²) in [5, 5.41) is 14.1. The molecule has 1 N–H and O–H groups in total. The zero-order valence-electron chi connectivity index (χ0n) is 11.3. The van der Waals surface area contributed by atoms with E-state index in [0.29, 0.717) is 18.7 Å². The van der Waals surface area contributed by atoms with Crippen molar-refractivity contribution in [2.75, 3.05) is 26.2 Å². The molecule has 0 saturated carbocycles. The number of nitrogens with zero attached hydrogens (tertiary/aromatic N) is 2. The fraction of sp³-hybridized carbons (Fsp3) is 0.462. The zero-order chi connectivity index (χ0) is 13.8. The van der Waals surface area contributed by atoms with Crippen molar-refractivity contribution >= 4 is 24.0 Å². The molecule has 1 saturated heterocycles. The molecule has 0 aromatic heterocycles. The molecule has 1 aliphatic rings. The Hall–Kier alpha value is -1.66. The summed E-state index contributed by atoms with van der Waals surface area (Å²) in [5.74, 6) is -0.129. The minimum absolute atomic E-state index is 0. The van der Waals surface area contributed by atoms with Crippen molar-refractivity contribution in [1.29, 1.82) is 0 Å². The second kappa shape index (κ2) is 7.21. The van der Waals surface area contributed by atoms with Gasteiger partial charge in [-0.3, -0.25) is 14.9 Å². The van der Waals surface area contributed by atoms with Gasteiger partial charge in [-0.05, 0) is 31.5 Å². The second-order valence-electron chi connectivity index (χ2n) is 4.71. The number of nitro benzene ring substituents is 1. The lowest BCUT2D eigenvalue weighted by Gasteiger charge is -2.20. The van der Waals surface area contributed by atoms with Gasteiger partial charge in [-0.25, -0.2) is 0 Å². The van der Waals surface area contributed by atoms with Crippen molar-refractivity contribution < 1.29 is 9.72 Å². The Bertz CT molecular complexity index is 500. The second-order valence-corrected chi connectivity index (χ2v) is 4.71. The quantitative estimate of drug-likeness (QED) is 0.667. The highest BCUT2D eigenvalue weighted by Gasteiger charge is 2.19. The molecule has 2 rings (SSSR count). The first-order valence-electron chi connectivity index (χ1n) is 6.34. The summed E-state index contributed by atoms with van der Waals surface area (Å²) in [7, 11) is 0. The first kappa shape index (κ1) is 16.4. The molecule has 1 heterocycles. The number of halogens is 1. The van der Waals surface area contributed by atoms with Crippen LogP contribution >= 0.6 is 12.4 Å². The number of hydrogen-bond acceptors (Lipinski definition) is 4. The van der Waals surface area contributed by atoms with Crippen LogP contribution in [0, 0.1) is 17.0 Å². The van der Waals surface area contributed by atoms with Gasteiger partial charge in [-0.1, -0.05) is 0 Å². The lowest BCUT2D eigenvalue weighted by molar-refractivity contribution is -0.384. The van der Waals surface area contributed by atoms with Gasteiger partial charge >= 0.3 is 0 Å². The number of amides is 1. The lowest BCUT2D eigenvalue weighted by Crippen LogP contribution is -2.34. The van der Waals surface area contributed by atoms with Crippen LogP contribution in [0.15, 0.2) is 18.2 Å². The van der Waals surface area contributed by atoms with E-state index in [1.807, 2.05) is 0 Å². The van der Waals surface area contributed by atoms with E-state index in [0.717, 1.165) is 25.1 Å². The van der Waals surface area contributed by atoms with Gasteiger partial charge in [0, 0.05) is 37.3 Å². The smallest absolute Gasteiger partial charge is 0.270 e. The van der Waals surface area contributed by atoms with Crippen LogP contribution in [0.2, 0.25) is 0 Å². The van der Waals surface area contributed by atoms with E-state index in [1.165, 1.54) is 12.1 Å². The summed E-state index contributed by atoms with van der Waals surface area (Å²) < 4.78 is 0. The third-order valence-corrected chi connectivity index (χ3v) is 3.15. The van der Waals surface area contributed by atoms with Crippen LogP contribution < -0.4 is 5.32 Å². The number of non-ortho nitro benzene ring substituents is 1. The summed E-state index contributed by atoms with van der Waals surface area (Å²) >= 11 is 0. The molecule has 0 aliphatic carbocycles. The van der Waals surface area contributed by atoms with E-state index in [1.54, 1.807) is 17.9 Å². The number of carbonyl (C=O) groups excluding carboxylic acids is 1. The van der Waals surface area contributed by atoms with Crippen LogP contribution in [-0.4, -0.2) is 41.9 Å². The normalized spacial score (nSPS) is 15.2. The van der Waals surface area contributed by atoms with E-state index in [-0.39, 0.29) is 24.0 Å². The minimum Gasteiger partial charge on any atom is -0.337 e. The van der Waals surface area contributed by atoms with Crippen LogP contribution in [0.5, 0.6) is 0 Å². The molecule has 1 aromatic carbocycles. The number of benzene rings is 1. The molecule has 20 heavy (non-hydrogen) atoms. The topological polar surface area (TPSA) is 75.5 Å². The van der Waals surface area contributed by atoms with Gasteiger partial charge in [0.1, 0.15) is 0 Å². The zero-order valence-corrected chi connectivity index (χ0v) is 12.1. The van der Waals surface area contributed by atoms with E-state index in [2.05, 4.69) is 5.32 Å². The molecule has 0 unspecified atom stereocenters. The van der Waals surface area contributed by atoms with Crippen molar-refractivity contribution in [2.24, 2.45) is 0 Å². The summed E-state index contributed by atoms with van der Waals surface area (Å²) in [6.07, 6.45) is 0.902. The van der Waals surface area contributed by atoms with E-state index >= 15 is 0 Å². The fourth-order valence-electron chi connectivity index (χ4n) is 2.22. The van der Waals surface area contributed by atoms with Gasteiger partial charge in [-0.2, -0.15) is 0 Å². The molecule has 7 heteroatoms. The SMILES string of the molecule is Cc1cc(C(=O)N2CCCNCC2)cc([N+](=O)[O-])c1.Cl. The predicted molar refractivity (Wildman–Crippen MR) is 78.5 cm³/mol. The number of rotatable bonds is 2. The van der Waals surface area contributed by atoms with Crippen LogP contribution in [-0.2, 0) is 0 Å². The maximum absolute atomic E-state index is 12.4. The number of nitro groups is 1. The number of nitrogens with one attached hydrogen (secondary N) is 1. The number of carbonyl (C=O) groups is 1. The summed E-state index contributed by atoms with van der Waals surface area (Å²) in [6.45, 7) is 4.75. The summed E-state index contributed by atoms with van der Waals surface area (Å²) in [5.41, 5.74) is 1.09.